The summed E-state index contributed by atoms with van der Waals surface area (Å²) in [4.78, 5) is 24.1. The Morgan fingerprint density at radius 1 is 1.55 bits per heavy atom. The van der Waals surface area contributed by atoms with E-state index in [1.54, 1.807) is 7.05 Å². The third-order valence-corrected chi connectivity index (χ3v) is 2.87. The van der Waals surface area contributed by atoms with Crippen molar-refractivity contribution in [3.05, 3.63) is 33.9 Å². The Balaban J connectivity index is 3.04. The maximum Gasteiger partial charge on any atom is 0.292 e. The number of nitriles is 1. The van der Waals surface area contributed by atoms with Crippen molar-refractivity contribution in [3.63, 3.8) is 0 Å². The van der Waals surface area contributed by atoms with Crippen LogP contribution < -0.4 is 5.32 Å². The number of rotatable bonds is 6. The first-order valence-corrected chi connectivity index (χ1v) is 6.17. The maximum absolute atomic E-state index is 12.2. The molecule has 7 heteroatoms. The van der Waals surface area contributed by atoms with Crippen LogP contribution >= 0.6 is 0 Å². The number of nitrogens with one attached hydrogen (secondary N) is 1. The van der Waals surface area contributed by atoms with E-state index in [1.807, 2.05) is 13.0 Å². The molecule has 20 heavy (non-hydrogen) atoms. The van der Waals surface area contributed by atoms with Gasteiger partial charge in [-0.15, -0.1) is 0 Å². The molecular formula is C13H16N4O3. The second-order valence-electron chi connectivity index (χ2n) is 4.03. The summed E-state index contributed by atoms with van der Waals surface area (Å²) >= 11 is 0. The molecule has 1 rings (SSSR count). The summed E-state index contributed by atoms with van der Waals surface area (Å²) in [6.07, 6.45) is 0.255. The minimum atomic E-state index is -0.507. The second kappa shape index (κ2) is 7.09. The van der Waals surface area contributed by atoms with Crippen LogP contribution in [0.2, 0.25) is 0 Å². The molecule has 7 nitrogen and oxygen atoms in total. The van der Waals surface area contributed by atoms with Gasteiger partial charge in [0.05, 0.1) is 17.4 Å². The zero-order valence-electron chi connectivity index (χ0n) is 11.4. The Bertz CT molecular complexity index is 551. The van der Waals surface area contributed by atoms with Crippen LogP contribution in [0, 0.1) is 21.4 Å². The fraction of sp³-hybridized carbons (Fsp3) is 0.385. The molecule has 0 saturated carbocycles. The van der Waals surface area contributed by atoms with Crippen LogP contribution in [0.25, 0.3) is 0 Å². The highest BCUT2D eigenvalue weighted by atomic mass is 16.6. The number of amides is 1. The van der Waals surface area contributed by atoms with E-state index in [9.17, 15) is 14.9 Å². The summed E-state index contributed by atoms with van der Waals surface area (Å²) in [5.74, 6) is -0.242. The number of carbonyl (C=O) groups is 1. The highest BCUT2D eigenvalue weighted by Gasteiger charge is 2.18. The van der Waals surface area contributed by atoms with E-state index in [0.717, 1.165) is 0 Å². The molecule has 1 aromatic carbocycles. The monoisotopic (exact) mass is 276 g/mol. The van der Waals surface area contributed by atoms with E-state index in [0.29, 0.717) is 18.7 Å². The van der Waals surface area contributed by atoms with Gasteiger partial charge in [0.25, 0.3) is 11.6 Å². The predicted octanol–water partition coefficient (Wildman–Crippen LogP) is 2.01. The first-order valence-electron chi connectivity index (χ1n) is 6.17. The standard InChI is InChI=1S/C13H16N4O3/c1-3-16(8-4-7-14)13(18)10-5-6-12(17(19)20)11(9-10)15-2/h5-6,9,15H,3-4,8H2,1-2H3. The molecule has 0 aromatic heterocycles. The first-order chi connectivity index (χ1) is 9.54. The van der Waals surface area contributed by atoms with Crippen molar-refractivity contribution in [1.29, 1.82) is 5.26 Å². The lowest BCUT2D eigenvalue weighted by molar-refractivity contribution is -0.383. The van der Waals surface area contributed by atoms with Crippen LogP contribution in [-0.4, -0.2) is 35.9 Å². The van der Waals surface area contributed by atoms with E-state index >= 15 is 0 Å². The van der Waals surface area contributed by atoms with Crippen molar-refractivity contribution in [1.82, 2.24) is 4.90 Å². The Morgan fingerprint density at radius 2 is 2.25 bits per heavy atom. The van der Waals surface area contributed by atoms with Gasteiger partial charge in [0.2, 0.25) is 0 Å². The first kappa shape index (κ1) is 15.4. The SMILES string of the molecule is CCN(CCC#N)C(=O)c1ccc([N+](=O)[O-])c(NC)c1. The molecule has 0 fully saturated rings. The average molecular weight is 276 g/mol. The van der Waals surface area contributed by atoms with Crippen LogP contribution in [0.3, 0.4) is 0 Å². The number of nitro benzene ring substituents is 1. The van der Waals surface area contributed by atoms with Gasteiger partial charge in [-0.1, -0.05) is 0 Å². The van der Waals surface area contributed by atoms with Gasteiger partial charge in [-0.25, -0.2) is 0 Å². The van der Waals surface area contributed by atoms with Crippen molar-refractivity contribution in [3.8, 4) is 6.07 Å². The van der Waals surface area contributed by atoms with Gasteiger partial charge >= 0.3 is 0 Å². The molecule has 0 spiro atoms. The predicted molar refractivity (Wildman–Crippen MR) is 74.5 cm³/mol. The molecule has 0 aliphatic carbocycles. The highest BCUT2D eigenvalue weighted by molar-refractivity contribution is 5.96. The van der Waals surface area contributed by atoms with E-state index < -0.39 is 4.92 Å². The zero-order valence-corrected chi connectivity index (χ0v) is 11.4. The fourth-order valence-electron chi connectivity index (χ4n) is 1.80. The minimum Gasteiger partial charge on any atom is -0.383 e. The van der Waals surface area contributed by atoms with Crippen molar-refractivity contribution >= 4 is 17.3 Å². The van der Waals surface area contributed by atoms with E-state index in [2.05, 4.69) is 5.32 Å². The van der Waals surface area contributed by atoms with Gasteiger partial charge in [-0.05, 0) is 19.1 Å². The molecule has 0 unspecified atom stereocenters. The molecule has 0 aliphatic heterocycles. The molecule has 106 valence electrons. The summed E-state index contributed by atoms with van der Waals surface area (Å²) < 4.78 is 0. The van der Waals surface area contributed by atoms with Gasteiger partial charge in [0.1, 0.15) is 5.69 Å². The van der Waals surface area contributed by atoms with E-state index in [1.165, 1.54) is 23.1 Å². The molecule has 0 radical (unpaired) electrons. The average Bonchev–Trinajstić information content (AvgIpc) is 2.46. The largest absolute Gasteiger partial charge is 0.383 e. The number of hydrogen-bond donors (Lipinski definition) is 1. The topological polar surface area (TPSA) is 99.3 Å². The van der Waals surface area contributed by atoms with Crippen LogP contribution in [0.15, 0.2) is 18.2 Å². The number of nitro groups is 1. The van der Waals surface area contributed by atoms with Gasteiger partial charge in [0.15, 0.2) is 0 Å². The number of anilines is 1. The van der Waals surface area contributed by atoms with Gasteiger partial charge < -0.3 is 10.2 Å². The molecule has 0 aliphatic rings. The third-order valence-electron chi connectivity index (χ3n) is 2.87. The lowest BCUT2D eigenvalue weighted by Gasteiger charge is -2.19. The lowest BCUT2D eigenvalue weighted by Crippen LogP contribution is -2.31. The summed E-state index contributed by atoms with van der Waals surface area (Å²) in [6.45, 7) is 2.64. The van der Waals surface area contributed by atoms with Gasteiger partial charge in [-0.3, -0.25) is 14.9 Å². The Hall–Kier alpha value is -2.62. The smallest absolute Gasteiger partial charge is 0.292 e. The zero-order chi connectivity index (χ0) is 15.1. The highest BCUT2D eigenvalue weighted by Crippen LogP contribution is 2.25. The number of benzene rings is 1. The molecule has 0 atom stereocenters. The Morgan fingerprint density at radius 3 is 2.75 bits per heavy atom. The van der Waals surface area contributed by atoms with Crippen molar-refractivity contribution in [2.45, 2.75) is 13.3 Å². The minimum absolute atomic E-state index is 0.0795. The second-order valence-corrected chi connectivity index (χ2v) is 4.03. The van der Waals surface area contributed by atoms with Crippen LogP contribution in [0.4, 0.5) is 11.4 Å². The molecular weight excluding hydrogens is 260 g/mol. The van der Waals surface area contributed by atoms with Crippen LogP contribution in [0.1, 0.15) is 23.7 Å². The molecule has 0 heterocycles. The van der Waals surface area contributed by atoms with Crippen molar-refractivity contribution < 1.29 is 9.72 Å². The third kappa shape index (κ3) is 3.45. The van der Waals surface area contributed by atoms with Crippen LogP contribution in [0.5, 0.6) is 0 Å². The molecule has 0 bridgehead atoms. The summed E-state index contributed by atoms with van der Waals surface area (Å²) in [6, 6.07) is 6.17. The molecule has 1 amide bonds. The number of nitrogens with zero attached hydrogens (tertiary/aromatic N) is 3. The van der Waals surface area contributed by atoms with Gasteiger partial charge in [0, 0.05) is 31.8 Å². The van der Waals surface area contributed by atoms with E-state index in [-0.39, 0.29) is 23.7 Å². The van der Waals surface area contributed by atoms with Crippen LogP contribution in [-0.2, 0) is 0 Å². The van der Waals surface area contributed by atoms with Crippen molar-refractivity contribution in [2.75, 3.05) is 25.5 Å². The maximum atomic E-state index is 12.2. The summed E-state index contributed by atoms with van der Waals surface area (Å²) in [5, 5.41) is 22.1. The molecule has 0 saturated heterocycles. The summed E-state index contributed by atoms with van der Waals surface area (Å²) in [7, 11) is 1.56. The number of carbonyl (C=O) groups excluding carboxylic acids is 1. The summed E-state index contributed by atoms with van der Waals surface area (Å²) in [5.41, 5.74) is 0.570. The Kier molecular flexibility index (Phi) is 5.47. The normalized spacial score (nSPS) is 9.65. The van der Waals surface area contributed by atoms with Crippen molar-refractivity contribution in [2.24, 2.45) is 0 Å². The lowest BCUT2D eigenvalue weighted by atomic mass is 10.1. The quantitative estimate of drug-likeness (QED) is 0.633. The fourth-order valence-corrected chi connectivity index (χ4v) is 1.80. The van der Waals surface area contributed by atoms with E-state index in [4.69, 9.17) is 5.26 Å². The molecule has 1 N–H and O–H groups in total. The molecule has 1 aromatic rings. The Labute approximate surface area is 117 Å². The van der Waals surface area contributed by atoms with Gasteiger partial charge in [-0.2, -0.15) is 5.26 Å². The number of hydrogen-bond acceptors (Lipinski definition) is 5.